The van der Waals surface area contributed by atoms with Gasteiger partial charge in [-0.3, -0.25) is 4.79 Å². The van der Waals surface area contributed by atoms with Crippen LogP contribution in [0, 0.1) is 25.7 Å². The molecule has 0 aliphatic carbocycles. The van der Waals surface area contributed by atoms with E-state index < -0.39 is 0 Å². The summed E-state index contributed by atoms with van der Waals surface area (Å²) < 4.78 is 5.88. The second-order valence-electron chi connectivity index (χ2n) is 6.45. The van der Waals surface area contributed by atoms with Gasteiger partial charge in [0.05, 0.1) is 0 Å². The fourth-order valence-corrected chi connectivity index (χ4v) is 2.60. The smallest absolute Gasteiger partial charge is 0.227 e. The molecule has 1 unspecified atom stereocenters. The van der Waals surface area contributed by atoms with E-state index in [0.29, 0.717) is 17.5 Å². The Morgan fingerprint density at radius 1 is 1.29 bits per heavy atom. The first-order valence-electron chi connectivity index (χ1n) is 8.25. The summed E-state index contributed by atoms with van der Waals surface area (Å²) in [6, 6.07) is 9.50. The zero-order valence-corrected chi connectivity index (χ0v) is 14.3. The molecular weight excluding hydrogens is 302 g/mol. The highest BCUT2D eigenvalue weighted by atomic mass is 16.5. The van der Waals surface area contributed by atoms with Crippen LogP contribution >= 0.6 is 0 Å². The van der Waals surface area contributed by atoms with Gasteiger partial charge in [-0.05, 0) is 56.1 Å². The number of carbonyl (C=O) groups excluding carboxylic acids is 1. The zero-order chi connectivity index (χ0) is 17.1. The second-order valence-corrected chi connectivity index (χ2v) is 6.45. The van der Waals surface area contributed by atoms with Crippen LogP contribution in [0.5, 0.6) is 11.6 Å². The standard InChI is InChI=1S/C19H23N3O2/c1-12-6-7-21-18(8-12)24-17-9-16(5-4-13(17)2)22-19(23)14(3)15-10-20-11-15/h4-9,14-15,20H,10-11H2,1-3H3,(H,22,23). The van der Waals surface area contributed by atoms with Crippen molar-refractivity contribution in [2.45, 2.75) is 20.8 Å². The van der Waals surface area contributed by atoms with E-state index in [4.69, 9.17) is 4.74 Å². The first kappa shape index (κ1) is 16.5. The summed E-state index contributed by atoms with van der Waals surface area (Å²) in [6.07, 6.45) is 1.72. The topological polar surface area (TPSA) is 63.2 Å². The van der Waals surface area contributed by atoms with Crippen LogP contribution in [0.4, 0.5) is 5.69 Å². The van der Waals surface area contributed by atoms with Crippen LogP contribution in [-0.2, 0) is 4.79 Å². The third-order valence-electron chi connectivity index (χ3n) is 4.49. The van der Waals surface area contributed by atoms with Gasteiger partial charge in [0.2, 0.25) is 11.8 Å². The minimum Gasteiger partial charge on any atom is -0.439 e. The Morgan fingerprint density at radius 3 is 2.75 bits per heavy atom. The Bertz CT molecular complexity index is 741. The SMILES string of the molecule is Cc1ccnc(Oc2cc(NC(=O)C(C)C3CNC3)ccc2C)c1. The van der Waals surface area contributed by atoms with Crippen molar-refractivity contribution in [3.05, 3.63) is 47.7 Å². The molecule has 0 radical (unpaired) electrons. The number of aryl methyl sites for hydroxylation is 2. The Hall–Kier alpha value is -2.40. The number of anilines is 1. The molecular formula is C19H23N3O2. The molecule has 1 fully saturated rings. The normalized spacial score (nSPS) is 15.5. The number of amides is 1. The molecule has 1 aliphatic heterocycles. The number of ether oxygens (including phenoxy) is 1. The molecule has 5 nitrogen and oxygen atoms in total. The third kappa shape index (κ3) is 3.74. The Kier molecular flexibility index (Phi) is 4.81. The van der Waals surface area contributed by atoms with Gasteiger partial charge in [0, 0.05) is 29.9 Å². The van der Waals surface area contributed by atoms with E-state index in [1.807, 2.05) is 51.1 Å². The maximum atomic E-state index is 12.4. The molecule has 1 atom stereocenters. The maximum Gasteiger partial charge on any atom is 0.227 e. The zero-order valence-electron chi connectivity index (χ0n) is 14.3. The van der Waals surface area contributed by atoms with Gasteiger partial charge in [-0.2, -0.15) is 0 Å². The Morgan fingerprint density at radius 2 is 2.08 bits per heavy atom. The molecule has 0 saturated carbocycles. The fourth-order valence-electron chi connectivity index (χ4n) is 2.60. The monoisotopic (exact) mass is 325 g/mol. The van der Waals surface area contributed by atoms with E-state index in [0.717, 1.165) is 29.9 Å². The van der Waals surface area contributed by atoms with Crippen LogP contribution < -0.4 is 15.4 Å². The van der Waals surface area contributed by atoms with Crippen molar-refractivity contribution in [3.8, 4) is 11.6 Å². The molecule has 3 rings (SSSR count). The predicted octanol–water partition coefficient (Wildman–Crippen LogP) is 3.28. The van der Waals surface area contributed by atoms with Gasteiger partial charge in [0.25, 0.3) is 0 Å². The number of hydrogen-bond donors (Lipinski definition) is 2. The molecule has 126 valence electrons. The first-order valence-corrected chi connectivity index (χ1v) is 8.25. The first-order chi connectivity index (χ1) is 11.5. The number of pyridine rings is 1. The molecule has 1 aromatic carbocycles. The average Bonchev–Trinajstić information content (AvgIpc) is 2.49. The van der Waals surface area contributed by atoms with E-state index >= 15 is 0 Å². The molecule has 1 amide bonds. The van der Waals surface area contributed by atoms with Gasteiger partial charge < -0.3 is 15.4 Å². The van der Waals surface area contributed by atoms with Gasteiger partial charge in [-0.15, -0.1) is 0 Å². The summed E-state index contributed by atoms with van der Waals surface area (Å²) in [4.78, 5) is 16.6. The van der Waals surface area contributed by atoms with Crippen molar-refractivity contribution in [3.63, 3.8) is 0 Å². The molecule has 24 heavy (non-hydrogen) atoms. The molecule has 0 spiro atoms. The summed E-state index contributed by atoms with van der Waals surface area (Å²) >= 11 is 0. The minimum atomic E-state index is -0.00430. The number of rotatable bonds is 5. The Balaban J connectivity index is 1.72. The molecule has 5 heteroatoms. The quantitative estimate of drug-likeness (QED) is 0.885. The highest BCUT2D eigenvalue weighted by Gasteiger charge is 2.28. The van der Waals surface area contributed by atoms with Crippen LogP contribution in [0.15, 0.2) is 36.5 Å². The number of benzene rings is 1. The number of nitrogens with one attached hydrogen (secondary N) is 2. The van der Waals surface area contributed by atoms with Gasteiger partial charge in [-0.25, -0.2) is 4.98 Å². The van der Waals surface area contributed by atoms with Gasteiger partial charge in [0.1, 0.15) is 5.75 Å². The van der Waals surface area contributed by atoms with E-state index in [1.54, 1.807) is 6.20 Å². The molecule has 1 saturated heterocycles. The van der Waals surface area contributed by atoms with Crippen molar-refractivity contribution in [1.82, 2.24) is 10.3 Å². The molecule has 2 aromatic rings. The van der Waals surface area contributed by atoms with Gasteiger partial charge in [-0.1, -0.05) is 13.0 Å². The highest BCUT2D eigenvalue weighted by Crippen LogP contribution is 2.28. The van der Waals surface area contributed by atoms with Gasteiger partial charge in [0.15, 0.2) is 0 Å². The Labute approximate surface area is 142 Å². The van der Waals surface area contributed by atoms with E-state index in [1.165, 1.54) is 0 Å². The number of nitrogens with zero attached hydrogens (tertiary/aromatic N) is 1. The molecule has 2 N–H and O–H groups in total. The van der Waals surface area contributed by atoms with Crippen LogP contribution in [-0.4, -0.2) is 24.0 Å². The summed E-state index contributed by atoms with van der Waals surface area (Å²) in [5.41, 5.74) is 2.82. The van der Waals surface area contributed by atoms with Crippen LogP contribution in [0.2, 0.25) is 0 Å². The fraction of sp³-hybridized carbons (Fsp3) is 0.368. The molecule has 1 aromatic heterocycles. The van der Waals surface area contributed by atoms with Crippen molar-refractivity contribution >= 4 is 11.6 Å². The van der Waals surface area contributed by atoms with Gasteiger partial charge >= 0.3 is 0 Å². The van der Waals surface area contributed by atoms with E-state index in [2.05, 4.69) is 15.6 Å². The van der Waals surface area contributed by atoms with Crippen molar-refractivity contribution < 1.29 is 9.53 Å². The van der Waals surface area contributed by atoms with Crippen LogP contribution in [0.25, 0.3) is 0 Å². The largest absolute Gasteiger partial charge is 0.439 e. The summed E-state index contributed by atoms with van der Waals surface area (Å²) in [7, 11) is 0. The minimum absolute atomic E-state index is 0.00430. The van der Waals surface area contributed by atoms with E-state index in [9.17, 15) is 4.79 Å². The molecule has 1 aliphatic rings. The lowest BCUT2D eigenvalue weighted by atomic mass is 9.88. The van der Waals surface area contributed by atoms with Crippen LogP contribution in [0.3, 0.4) is 0 Å². The lowest BCUT2D eigenvalue weighted by molar-refractivity contribution is -0.121. The maximum absolute atomic E-state index is 12.4. The van der Waals surface area contributed by atoms with Crippen molar-refractivity contribution in [1.29, 1.82) is 0 Å². The van der Waals surface area contributed by atoms with E-state index in [-0.39, 0.29) is 11.8 Å². The highest BCUT2D eigenvalue weighted by molar-refractivity contribution is 5.92. The predicted molar refractivity (Wildman–Crippen MR) is 94.4 cm³/mol. The summed E-state index contributed by atoms with van der Waals surface area (Å²) in [6.45, 7) is 7.77. The average molecular weight is 325 g/mol. The third-order valence-corrected chi connectivity index (χ3v) is 4.49. The lowest BCUT2D eigenvalue weighted by Gasteiger charge is -2.31. The summed E-state index contributed by atoms with van der Waals surface area (Å²) in [5.74, 6) is 1.71. The molecule has 0 bridgehead atoms. The number of aromatic nitrogens is 1. The van der Waals surface area contributed by atoms with Crippen LogP contribution in [0.1, 0.15) is 18.1 Å². The van der Waals surface area contributed by atoms with Crippen molar-refractivity contribution in [2.24, 2.45) is 11.8 Å². The number of hydrogen-bond acceptors (Lipinski definition) is 4. The molecule has 2 heterocycles. The van der Waals surface area contributed by atoms with Crippen molar-refractivity contribution in [2.75, 3.05) is 18.4 Å². The number of carbonyl (C=O) groups is 1. The second kappa shape index (κ2) is 7.01. The summed E-state index contributed by atoms with van der Waals surface area (Å²) in [5, 5.41) is 6.19. The lowest BCUT2D eigenvalue weighted by Crippen LogP contribution is -2.48.